The number of benzene rings is 3. The Balaban J connectivity index is 1.43. The van der Waals surface area contributed by atoms with Crippen LogP contribution in [0.3, 0.4) is 0 Å². The lowest BCUT2D eigenvalue weighted by Gasteiger charge is -2.25. The van der Waals surface area contributed by atoms with E-state index in [9.17, 15) is 4.79 Å². The van der Waals surface area contributed by atoms with Crippen LogP contribution in [0.5, 0.6) is 17.2 Å². The van der Waals surface area contributed by atoms with Crippen LogP contribution in [0.25, 0.3) is 10.8 Å². The molecular weight excluding hydrogens is 444 g/mol. The number of esters is 1. The van der Waals surface area contributed by atoms with Crippen molar-refractivity contribution in [2.45, 2.75) is 25.7 Å². The summed E-state index contributed by atoms with van der Waals surface area (Å²) in [6, 6.07) is 18.0. The van der Waals surface area contributed by atoms with Crippen LogP contribution in [0.4, 0.5) is 0 Å². The van der Waals surface area contributed by atoms with Gasteiger partial charge in [0.15, 0.2) is 0 Å². The van der Waals surface area contributed by atoms with E-state index in [2.05, 4.69) is 18.7 Å². The van der Waals surface area contributed by atoms with Crippen molar-refractivity contribution in [3.05, 3.63) is 78.4 Å². The summed E-state index contributed by atoms with van der Waals surface area (Å²) >= 11 is 0. The van der Waals surface area contributed by atoms with E-state index in [0.717, 1.165) is 59.8 Å². The van der Waals surface area contributed by atoms with Crippen LogP contribution in [0, 0.1) is 0 Å². The maximum absolute atomic E-state index is 11.1. The second kappa shape index (κ2) is 12.8. The molecule has 184 valence electrons. The van der Waals surface area contributed by atoms with Gasteiger partial charge in [-0.1, -0.05) is 49.0 Å². The molecule has 3 aromatic rings. The number of carbonyl (C=O) groups excluding carboxylic acids is 1. The summed E-state index contributed by atoms with van der Waals surface area (Å²) in [4.78, 5) is 11.1. The second-order valence-electron chi connectivity index (χ2n) is 8.21. The van der Waals surface area contributed by atoms with E-state index in [-0.39, 0.29) is 6.61 Å². The molecule has 6 heteroatoms. The molecule has 0 N–H and O–H groups in total. The summed E-state index contributed by atoms with van der Waals surface area (Å²) in [5.41, 5.74) is 2.47. The molecular formula is C29H32O6. The van der Waals surface area contributed by atoms with Gasteiger partial charge in [0.2, 0.25) is 0 Å². The van der Waals surface area contributed by atoms with E-state index in [0.29, 0.717) is 33.0 Å². The maximum atomic E-state index is 11.1. The van der Waals surface area contributed by atoms with E-state index < -0.39 is 5.97 Å². The number of para-hydroxylation sites is 1. The quantitative estimate of drug-likeness (QED) is 0.190. The van der Waals surface area contributed by atoms with Crippen molar-refractivity contribution in [3.63, 3.8) is 0 Å². The summed E-state index contributed by atoms with van der Waals surface area (Å²) in [7, 11) is 0. The molecule has 0 aromatic heterocycles. The highest BCUT2D eigenvalue weighted by Crippen LogP contribution is 2.44. The highest BCUT2D eigenvalue weighted by Gasteiger charge is 2.23. The van der Waals surface area contributed by atoms with Gasteiger partial charge in [0.25, 0.3) is 0 Å². The van der Waals surface area contributed by atoms with Crippen LogP contribution >= 0.6 is 0 Å². The van der Waals surface area contributed by atoms with Crippen LogP contribution < -0.4 is 14.2 Å². The summed E-state index contributed by atoms with van der Waals surface area (Å²) in [6.07, 6.45) is 5.33. The number of carbonyl (C=O) groups is 1. The smallest absolute Gasteiger partial charge is 0.330 e. The molecule has 1 aliphatic rings. The zero-order valence-electron chi connectivity index (χ0n) is 20.0. The first-order valence-corrected chi connectivity index (χ1v) is 12.1. The van der Waals surface area contributed by atoms with Crippen LogP contribution in [-0.2, 0) is 27.1 Å². The van der Waals surface area contributed by atoms with Crippen molar-refractivity contribution in [3.8, 4) is 17.2 Å². The minimum absolute atomic E-state index is 0.198. The molecule has 0 saturated heterocycles. The van der Waals surface area contributed by atoms with Gasteiger partial charge in [0.05, 0.1) is 13.2 Å². The van der Waals surface area contributed by atoms with Gasteiger partial charge >= 0.3 is 5.97 Å². The number of ether oxygens (including phenoxy) is 5. The average molecular weight is 477 g/mol. The molecule has 0 radical (unpaired) electrons. The number of hydrogen-bond acceptors (Lipinski definition) is 6. The standard InChI is InChI=1S/C29H32O6/c1-2-27(30)33-18-16-31-17-19-34-28-23-12-6-8-14-25(23)29(26-15-9-7-13-24(26)28)35-21-20-32-22-10-4-3-5-11-22/h2-6,8,10-12,14H,1,7,9,13,15-21H2. The highest BCUT2D eigenvalue weighted by molar-refractivity contribution is 5.96. The summed E-state index contributed by atoms with van der Waals surface area (Å²) in [5, 5.41) is 2.10. The molecule has 6 nitrogen and oxygen atoms in total. The van der Waals surface area contributed by atoms with Gasteiger partial charge in [0, 0.05) is 28.0 Å². The fourth-order valence-corrected chi connectivity index (χ4v) is 4.33. The van der Waals surface area contributed by atoms with E-state index in [1.807, 2.05) is 42.5 Å². The summed E-state index contributed by atoms with van der Waals surface area (Å²) in [6.45, 7) is 5.65. The van der Waals surface area contributed by atoms with Gasteiger partial charge < -0.3 is 23.7 Å². The predicted molar refractivity (Wildman–Crippen MR) is 135 cm³/mol. The van der Waals surface area contributed by atoms with Crippen LogP contribution in [0.15, 0.2) is 67.3 Å². The second-order valence-corrected chi connectivity index (χ2v) is 8.21. The molecule has 0 amide bonds. The Labute approximate surface area is 206 Å². The fraction of sp³-hybridized carbons (Fsp3) is 0.345. The normalized spacial score (nSPS) is 12.6. The Hall–Kier alpha value is -3.51. The monoisotopic (exact) mass is 476 g/mol. The number of hydrogen-bond donors (Lipinski definition) is 0. The minimum Gasteiger partial charge on any atom is -0.490 e. The molecule has 0 aliphatic heterocycles. The number of rotatable bonds is 13. The van der Waals surface area contributed by atoms with Gasteiger partial charge in [-0.15, -0.1) is 0 Å². The van der Waals surface area contributed by atoms with Gasteiger partial charge in [-0.05, 0) is 37.8 Å². The first kappa shape index (κ1) is 24.6. The average Bonchev–Trinajstić information content (AvgIpc) is 2.91. The third-order valence-electron chi connectivity index (χ3n) is 5.89. The van der Waals surface area contributed by atoms with E-state index >= 15 is 0 Å². The third-order valence-corrected chi connectivity index (χ3v) is 5.89. The fourth-order valence-electron chi connectivity index (χ4n) is 4.33. The lowest BCUT2D eigenvalue weighted by atomic mass is 9.87. The van der Waals surface area contributed by atoms with Crippen LogP contribution in [0.1, 0.15) is 24.0 Å². The molecule has 0 atom stereocenters. The van der Waals surface area contributed by atoms with Gasteiger partial charge in [-0.3, -0.25) is 0 Å². The molecule has 3 aromatic carbocycles. The molecule has 0 saturated carbocycles. The van der Waals surface area contributed by atoms with Crippen molar-refractivity contribution >= 4 is 16.7 Å². The molecule has 0 spiro atoms. The van der Waals surface area contributed by atoms with Crippen molar-refractivity contribution in [2.75, 3.05) is 39.6 Å². The largest absolute Gasteiger partial charge is 0.490 e. The topological polar surface area (TPSA) is 63.2 Å². The molecule has 0 heterocycles. The van der Waals surface area contributed by atoms with Gasteiger partial charge in [-0.25, -0.2) is 4.79 Å². The lowest BCUT2D eigenvalue weighted by Crippen LogP contribution is -2.16. The third kappa shape index (κ3) is 6.55. The van der Waals surface area contributed by atoms with Crippen molar-refractivity contribution in [2.24, 2.45) is 0 Å². The minimum atomic E-state index is -0.447. The van der Waals surface area contributed by atoms with Crippen LogP contribution in [-0.4, -0.2) is 45.6 Å². The molecule has 0 fully saturated rings. The first-order chi connectivity index (χ1) is 17.3. The molecule has 35 heavy (non-hydrogen) atoms. The Bertz CT molecular complexity index is 1120. The summed E-state index contributed by atoms with van der Waals surface area (Å²) < 4.78 is 28.9. The Morgan fingerprint density at radius 1 is 0.714 bits per heavy atom. The SMILES string of the molecule is C=CC(=O)OCCOCCOc1c2c(c(OCCOc3ccccc3)c3ccccc13)CCCC2. The maximum Gasteiger partial charge on any atom is 0.330 e. The zero-order valence-corrected chi connectivity index (χ0v) is 20.0. The van der Waals surface area contributed by atoms with Crippen molar-refractivity contribution in [1.82, 2.24) is 0 Å². The predicted octanol–water partition coefficient (Wildman–Crippen LogP) is 5.30. The Kier molecular flexibility index (Phi) is 9.01. The Morgan fingerprint density at radius 2 is 1.26 bits per heavy atom. The van der Waals surface area contributed by atoms with E-state index in [1.165, 1.54) is 11.1 Å². The molecule has 1 aliphatic carbocycles. The van der Waals surface area contributed by atoms with Crippen molar-refractivity contribution in [1.29, 1.82) is 0 Å². The molecule has 0 bridgehead atoms. The highest BCUT2D eigenvalue weighted by atomic mass is 16.6. The molecule has 0 unspecified atom stereocenters. The molecule has 4 rings (SSSR count). The van der Waals surface area contributed by atoms with Gasteiger partial charge in [0.1, 0.15) is 43.7 Å². The summed E-state index contributed by atoms with van der Waals surface area (Å²) in [5.74, 6) is 2.26. The van der Waals surface area contributed by atoms with Crippen LogP contribution in [0.2, 0.25) is 0 Å². The van der Waals surface area contributed by atoms with Gasteiger partial charge in [-0.2, -0.15) is 0 Å². The van der Waals surface area contributed by atoms with Crippen molar-refractivity contribution < 1.29 is 28.5 Å². The van der Waals surface area contributed by atoms with E-state index in [1.54, 1.807) is 0 Å². The first-order valence-electron chi connectivity index (χ1n) is 12.1. The van der Waals surface area contributed by atoms with E-state index in [4.69, 9.17) is 23.7 Å². The lowest BCUT2D eigenvalue weighted by molar-refractivity contribution is -0.139. The Morgan fingerprint density at radius 3 is 1.89 bits per heavy atom. The zero-order chi connectivity index (χ0) is 24.3. The number of fused-ring (bicyclic) bond motifs is 2.